The molecule has 0 amide bonds. The predicted octanol–water partition coefficient (Wildman–Crippen LogP) is 4.00. The number of aromatic carboxylic acids is 1. The molecular formula is C21H16N2O5. The van der Waals surface area contributed by atoms with Gasteiger partial charge in [0.05, 0.1) is 12.1 Å². The number of H-pyrrole nitrogens is 1. The normalized spacial score (nSPS) is 11.0. The fraction of sp³-hybridized carbons (Fsp3) is 0.0952. The van der Waals surface area contributed by atoms with Crippen LogP contribution in [0.25, 0.3) is 33.2 Å². The highest BCUT2D eigenvalue weighted by Crippen LogP contribution is 2.35. The molecule has 2 aromatic heterocycles. The molecule has 0 saturated carbocycles. The lowest BCUT2D eigenvalue weighted by molar-refractivity contribution is 0.0696. The number of ether oxygens (including phenoxy) is 1. The summed E-state index contributed by atoms with van der Waals surface area (Å²) in [5.74, 6) is -1.39. The zero-order valence-electron chi connectivity index (χ0n) is 14.9. The predicted molar refractivity (Wildman–Crippen MR) is 105 cm³/mol. The van der Waals surface area contributed by atoms with Crippen LogP contribution in [0.4, 0.5) is 0 Å². The maximum absolute atomic E-state index is 12.6. The molecule has 2 heterocycles. The third-order valence-electron chi connectivity index (χ3n) is 4.45. The smallest absolute Gasteiger partial charge is 0.342 e. The van der Waals surface area contributed by atoms with Crippen LogP contribution in [-0.2, 0) is 4.74 Å². The summed E-state index contributed by atoms with van der Waals surface area (Å²) >= 11 is 0. The zero-order valence-corrected chi connectivity index (χ0v) is 14.9. The maximum Gasteiger partial charge on any atom is 0.342 e. The Kier molecular flexibility index (Phi) is 4.19. The molecule has 0 bridgehead atoms. The molecule has 0 aliphatic rings. The molecule has 0 radical (unpaired) electrons. The summed E-state index contributed by atoms with van der Waals surface area (Å²) in [6, 6.07) is 13.8. The van der Waals surface area contributed by atoms with Gasteiger partial charge in [-0.3, -0.25) is 10.2 Å². The number of benzene rings is 2. The van der Waals surface area contributed by atoms with Crippen molar-refractivity contribution in [3.63, 3.8) is 0 Å². The van der Waals surface area contributed by atoms with Gasteiger partial charge in [0.1, 0.15) is 11.1 Å². The number of pyridine rings is 1. The number of hydrogen-bond acceptors (Lipinski definition) is 5. The third-order valence-corrected chi connectivity index (χ3v) is 4.45. The van der Waals surface area contributed by atoms with Crippen LogP contribution in [0.5, 0.6) is 0 Å². The number of para-hydroxylation sites is 1. The SMILES string of the molecule is CCOC(=N)c1cccc(-c2c(C(=O)O)c(=O)[nH]c3c2oc2ccccc23)c1. The van der Waals surface area contributed by atoms with E-state index >= 15 is 0 Å². The molecule has 2 aromatic carbocycles. The molecule has 0 spiro atoms. The summed E-state index contributed by atoms with van der Waals surface area (Å²) in [5.41, 5.74) is 1.22. The number of fused-ring (bicyclic) bond motifs is 3. The monoisotopic (exact) mass is 376 g/mol. The van der Waals surface area contributed by atoms with E-state index in [0.717, 1.165) is 0 Å². The van der Waals surface area contributed by atoms with Gasteiger partial charge < -0.3 is 19.2 Å². The second-order valence-corrected chi connectivity index (χ2v) is 6.15. The molecule has 140 valence electrons. The summed E-state index contributed by atoms with van der Waals surface area (Å²) in [6.07, 6.45) is 0. The summed E-state index contributed by atoms with van der Waals surface area (Å²) in [4.78, 5) is 27.1. The average molecular weight is 376 g/mol. The molecule has 0 saturated heterocycles. The molecule has 0 aliphatic heterocycles. The van der Waals surface area contributed by atoms with Crippen LogP contribution in [-0.4, -0.2) is 28.6 Å². The fourth-order valence-electron chi connectivity index (χ4n) is 3.27. The highest BCUT2D eigenvalue weighted by molar-refractivity contribution is 6.12. The molecular weight excluding hydrogens is 360 g/mol. The van der Waals surface area contributed by atoms with E-state index in [-0.39, 0.29) is 17.0 Å². The van der Waals surface area contributed by atoms with Crippen molar-refractivity contribution in [1.82, 2.24) is 4.98 Å². The van der Waals surface area contributed by atoms with Gasteiger partial charge >= 0.3 is 5.97 Å². The Morgan fingerprint density at radius 3 is 2.75 bits per heavy atom. The van der Waals surface area contributed by atoms with Crippen LogP contribution >= 0.6 is 0 Å². The molecule has 28 heavy (non-hydrogen) atoms. The molecule has 0 unspecified atom stereocenters. The Morgan fingerprint density at radius 2 is 2.00 bits per heavy atom. The fourth-order valence-corrected chi connectivity index (χ4v) is 3.27. The molecule has 0 aliphatic carbocycles. The van der Waals surface area contributed by atoms with Crippen LogP contribution in [0.3, 0.4) is 0 Å². The first-order valence-electron chi connectivity index (χ1n) is 8.64. The first-order chi connectivity index (χ1) is 13.5. The largest absolute Gasteiger partial charge is 0.478 e. The standard InChI is InChI=1S/C21H16N2O5/c1-2-27-19(22)12-7-5-6-11(10-12)15-16(21(25)26)20(24)23-17-13-8-3-4-9-14(13)28-18(15)17/h3-10,22H,2H2,1H3,(H,23,24)(H,25,26). The number of rotatable bonds is 4. The van der Waals surface area contributed by atoms with E-state index in [1.54, 1.807) is 49.4 Å². The number of aromatic amines is 1. The van der Waals surface area contributed by atoms with Gasteiger partial charge in [0.2, 0.25) is 5.90 Å². The highest BCUT2D eigenvalue weighted by Gasteiger charge is 2.24. The molecule has 4 rings (SSSR count). The average Bonchev–Trinajstić information content (AvgIpc) is 3.05. The van der Waals surface area contributed by atoms with E-state index in [9.17, 15) is 14.7 Å². The van der Waals surface area contributed by atoms with E-state index in [0.29, 0.717) is 34.2 Å². The maximum atomic E-state index is 12.6. The van der Waals surface area contributed by atoms with E-state index in [2.05, 4.69) is 4.98 Å². The lowest BCUT2D eigenvalue weighted by Crippen LogP contribution is -2.19. The molecule has 4 aromatic rings. The zero-order chi connectivity index (χ0) is 19.8. The number of hydrogen-bond donors (Lipinski definition) is 3. The van der Waals surface area contributed by atoms with Gasteiger partial charge in [-0.25, -0.2) is 4.79 Å². The Hall–Kier alpha value is -3.87. The third kappa shape index (κ3) is 2.73. The summed E-state index contributed by atoms with van der Waals surface area (Å²) in [6.45, 7) is 2.11. The van der Waals surface area contributed by atoms with Crippen molar-refractivity contribution in [3.05, 3.63) is 70.0 Å². The van der Waals surface area contributed by atoms with Gasteiger partial charge in [-0.1, -0.05) is 24.3 Å². The summed E-state index contributed by atoms with van der Waals surface area (Å²) in [5, 5.41) is 18.4. The number of carboxylic acids is 1. The lowest BCUT2D eigenvalue weighted by Gasteiger charge is -2.10. The Balaban J connectivity index is 2.09. The van der Waals surface area contributed by atoms with Crippen LogP contribution in [0.2, 0.25) is 0 Å². The topological polar surface area (TPSA) is 116 Å². The van der Waals surface area contributed by atoms with Gasteiger partial charge in [-0.05, 0) is 36.8 Å². The summed E-state index contributed by atoms with van der Waals surface area (Å²) in [7, 11) is 0. The molecule has 3 N–H and O–H groups in total. The minimum Gasteiger partial charge on any atom is -0.478 e. The van der Waals surface area contributed by atoms with Gasteiger partial charge in [0, 0.05) is 16.5 Å². The van der Waals surface area contributed by atoms with Crippen molar-refractivity contribution in [3.8, 4) is 11.1 Å². The van der Waals surface area contributed by atoms with Gasteiger partial charge in [0.25, 0.3) is 5.56 Å². The summed E-state index contributed by atoms with van der Waals surface area (Å²) < 4.78 is 11.1. The highest BCUT2D eigenvalue weighted by atomic mass is 16.5. The van der Waals surface area contributed by atoms with Crippen molar-refractivity contribution < 1.29 is 19.1 Å². The minimum atomic E-state index is -1.36. The number of furan rings is 1. The van der Waals surface area contributed by atoms with E-state index < -0.39 is 17.1 Å². The second kappa shape index (κ2) is 6.70. The number of aromatic nitrogens is 1. The van der Waals surface area contributed by atoms with E-state index in [4.69, 9.17) is 14.6 Å². The molecule has 7 nitrogen and oxygen atoms in total. The number of nitrogens with one attached hydrogen (secondary N) is 2. The van der Waals surface area contributed by atoms with Crippen LogP contribution in [0.15, 0.2) is 57.7 Å². The van der Waals surface area contributed by atoms with Crippen molar-refractivity contribution in [2.75, 3.05) is 6.61 Å². The Labute approximate surface area is 158 Å². The number of carboxylic acid groups (broad SMARTS) is 1. The first kappa shape index (κ1) is 17.5. The molecule has 0 atom stereocenters. The van der Waals surface area contributed by atoms with Gasteiger partial charge in [-0.2, -0.15) is 0 Å². The van der Waals surface area contributed by atoms with Gasteiger partial charge in [-0.15, -0.1) is 0 Å². The number of carbonyl (C=O) groups is 1. The molecule has 7 heteroatoms. The Morgan fingerprint density at radius 1 is 1.21 bits per heavy atom. The molecule has 0 fully saturated rings. The van der Waals surface area contributed by atoms with E-state index in [1.165, 1.54) is 0 Å². The van der Waals surface area contributed by atoms with E-state index in [1.807, 2.05) is 6.07 Å². The van der Waals surface area contributed by atoms with Crippen molar-refractivity contribution in [2.24, 2.45) is 0 Å². The van der Waals surface area contributed by atoms with Crippen molar-refractivity contribution in [1.29, 1.82) is 5.41 Å². The van der Waals surface area contributed by atoms with Crippen molar-refractivity contribution in [2.45, 2.75) is 6.92 Å². The van der Waals surface area contributed by atoms with Crippen LogP contribution in [0.1, 0.15) is 22.8 Å². The van der Waals surface area contributed by atoms with Crippen LogP contribution < -0.4 is 5.56 Å². The quantitative estimate of drug-likeness (QED) is 0.368. The second-order valence-electron chi connectivity index (χ2n) is 6.15. The lowest BCUT2D eigenvalue weighted by atomic mass is 9.98. The van der Waals surface area contributed by atoms with Crippen molar-refractivity contribution >= 4 is 33.9 Å². The first-order valence-corrected chi connectivity index (χ1v) is 8.64. The minimum absolute atomic E-state index is 0.0353. The Bertz CT molecular complexity index is 1300. The van der Waals surface area contributed by atoms with Gasteiger partial charge in [0.15, 0.2) is 5.58 Å². The van der Waals surface area contributed by atoms with Crippen LogP contribution in [0, 0.1) is 5.41 Å².